The number of ether oxygens (including phenoxy) is 2. The van der Waals surface area contributed by atoms with Crippen LogP contribution in [0.25, 0.3) is 11.0 Å². The van der Waals surface area contributed by atoms with E-state index in [-0.39, 0.29) is 12.4 Å². The van der Waals surface area contributed by atoms with Crippen molar-refractivity contribution < 1.29 is 23.8 Å². The Morgan fingerprint density at radius 3 is 2.82 bits per heavy atom. The predicted molar refractivity (Wildman–Crippen MR) is 81.8 cm³/mol. The van der Waals surface area contributed by atoms with Gasteiger partial charge in [-0.05, 0) is 32.3 Å². The number of fused-ring (bicyclic) bond motifs is 1. The first-order chi connectivity index (χ1) is 10.5. The number of likely N-dealkylation sites (N-methyl/N-ethyl adjacent to an activating group) is 1. The standard InChI is InChI=1S/C16H21NO5/c1-11(18)21-16(10-20-7-6-17(2)3)15-8-12-4-5-13(19)9-14(12)22-15/h4-5,8-9,16,19H,6-7,10H2,1-3H3. The van der Waals surface area contributed by atoms with Crippen molar-refractivity contribution in [1.29, 1.82) is 0 Å². The topological polar surface area (TPSA) is 72.1 Å². The number of carbonyl (C=O) groups excluding carboxylic acids is 1. The average molecular weight is 307 g/mol. The fourth-order valence-electron chi connectivity index (χ4n) is 2.01. The van der Waals surface area contributed by atoms with E-state index in [1.807, 2.05) is 19.0 Å². The molecule has 22 heavy (non-hydrogen) atoms. The van der Waals surface area contributed by atoms with Gasteiger partial charge in [0.05, 0.1) is 13.2 Å². The third kappa shape index (κ3) is 4.47. The van der Waals surface area contributed by atoms with Crippen molar-refractivity contribution >= 4 is 16.9 Å². The van der Waals surface area contributed by atoms with Gasteiger partial charge in [-0.15, -0.1) is 0 Å². The van der Waals surface area contributed by atoms with Crippen LogP contribution in [0.2, 0.25) is 0 Å². The van der Waals surface area contributed by atoms with Crippen LogP contribution >= 0.6 is 0 Å². The van der Waals surface area contributed by atoms with E-state index in [4.69, 9.17) is 13.9 Å². The summed E-state index contributed by atoms with van der Waals surface area (Å²) in [5.74, 6) is 0.227. The van der Waals surface area contributed by atoms with Crippen LogP contribution in [-0.2, 0) is 14.3 Å². The summed E-state index contributed by atoms with van der Waals surface area (Å²) in [4.78, 5) is 13.3. The second-order valence-electron chi connectivity index (χ2n) is 5.35. The summed E-state index contributed by atoms with van der Waals surface area (Å²) in [5.41, 5.74) is 0.542. The van der Waals surface area contributed by atoms with Crippen molar-refractivity contribution in [1.82, 2.24) is 4.90 Å². The molecule has 0 spiro atoms. The van der Waals surface area contributed by atoms with Gasteiger partial charge in [-0.1, -0.05) is 0 Å². The zero-order chi connectivity index (χ0) is 16.1. The molecule has 1 unspecified atom stereocenters. The molecule has 120 valence electrons. The summed E-state index contributed by atoms with van der Waals surface area (Å²) < 4.78 is 16.5. The maximum absolute atomic E-state index is 11.3. The number of carbonyl (C=O) groups is 1. The first kappa shape index (κ1) is 16.3. The number of nitrogens with zero attached hydrogens (tertiary/aromatic N) is 1. The Hall–Kier alpha value is -2.05. The molecule has 6 heteroatoms. The summed E-state index contributed by atoms with van der Waals surface area (Å²) in [6, 6.07) is 6.64. The van der Waals surface area contributed by atoms with Crippen molar-refractivity contribution in [3.8, 4) is 5.75 Å². The van der Waals surface area contributed by atoms with E-state index in [0.717, 1.165) is 11.9 Å². The molecule has 1 aromatic heterocycles. The van der Waals surface area contributed by atoms with Crippen LogP contribution in [0.1, 0.15) is 18.8 Å². The molecule has 1 aromatic carbocycles. The Balaban J connectivity index is 2.10. The van der Waals surface area contributed by atoms with E-state index in [9.17, 15) is 9.90 Å². The highest BCUT2D eigenvalue weighted by Gasteiger charge is 2.20. The van der Waals surface area contributed by atoms with Crippen LogP contribution in [0.4, 0.5) is 0 Å². The van der Waals surface area contributed by atoms with Gasteiger partial charge in [0.15, 0.2) is 6.10 Å². The molecule has 1 heterocycles. The van der Waals surface area contributed by atoms with E-state index in [0.29, 0.717) is 18.0 Å². The fourth-order valence-corrected chi connectivity index (χ4v) is 2.01. The summed E-state index contributed by atoms with van der Waals surface area (Å²) in [7, 11) is 3.91. The summed E-state index contributed by atoms with van der Waals surface area (Å²) in [6.45, 7) is 2.88. The highest BCUT2D eigenvalue weighted by molar-refractivity contribution is 5.79. The molecule has 2 rings (SSSR count). The number of furan rings is 1. The molecule has 0 fully saturated rings. The Morgan fingerprint density at radius 2 is 2.14 bits per heavy atom. The predicted octanol–water partition coefficient (Wildman–Crippen LogP) is 2.32. The van der Waals surface area contributed by atoms with Crippen molar-refractivity contribution in [3.63, 3.8) is 0 Å². The first-order valence-corrected chi connectivity index (χ1v) is 7.08. The number of benzene rings is 1. The molecule has 1 atom stereocenters. The number of phenols is 1. The van der Waals surface area contributed by atoms with Gasteiger partial charge in [-0.3, -0.25) is 4.79 Å². The Labute approximate surface area is 129 Å². The SMILES string of the molecule is CC(=O)OC(COCCN(C)C)c1cc2ccc(O)cc2o1. The van der Waals surface area contributed by atoms with Crippen LogP contribution in [0.15, 0.2) is 28.7 Å². The molecule has 2 aromatic rings. The van der Waals surface area contributed by atoms with E-state index in [1.165, 1.54) is 13.0 Å². The lowest BCUT2D eigenvalue weighted by atomic mass is 10.2. The lowest BCUT2D eigenvalue weighted by Gasteiger charge is -2.16. The minimum Gasteiger partial charge on any atom is -0.508 e. The lowest BCUT2D eigenvalue weighted by molar-refractivity contribution is -0.151. The molecule has 0 aliphatic heterocycles. The molecule has 1 N–H and O–H groups in total. The van der Waals surface area contributed by atoms with Gasteiger partial charge in [-0.2, -0.15) is 0 Å². The minimum absolute atomic E-state index is 0.125. The normalized spacial score (nSPS) is 12.7. The Kier molecular flexibility index (Phi) is 5.41. The quantitative estimate of drug-likeness (QED) is 0.625. The maximum atomic E-state index is 11.3. The molecule has 0 radical (unpaired) electrons. The zero-order valence-electron chi connectivity index (χ0n) is 13.0. The summed E-state index contributed by atoms with van der Waals surface area (Å²) in [5, 5.41) is 10.3. The van der Waals surface area contributed by atoms with Crippen LogP contribution in [0.5, 0.6) is 5.75 Å². The molecule has 0 aliphatic carbocycles. The molecule has 0 saturated carbocycles. The van der Waals surface area contributed by atoms with Gasteiger partial charge < -0.3 is 23.9 Å². The lowest BCUT2D eigenvalue weighted by Crippen LogP contribution is -2.21. The van der Waals surface area contributed by atoms with Gasteiger partial charge in [0.2, 0.25) is 0 Å². The van der Waals surface area contributed by atoms with E-state index >= 15 is 0 Å². The highest BCUT2D eigenvalue weighted by Crippen LogP contribution is 2.28. The first-order valence-electron chi connectivity index (χ1n) is 7.08. The molecule has 0 saturated heterocycles. The highest BCUT2D eigenvalue weighted by atomic mass is 16.6. The van der Waals surface area contributed by atoms with E-state index in [2.05, 4.69) is 0 Å². The summed E-state index contributed by atoms with van der Waals surface area (Å²) >= 11 is 0. The van der Waals surface area contributed by atoms with Gasteiger partial charge in [0.1, 0.15) is 17.1 Å². The van der Waals surface area contributed by atoms with Crippen LogP contribution in [0.3, 0.4) is 0 Å². The number of phenolic OH excluding ortho intramolecular Hbond substituents is 1. The number of hydrogen-bond donors (Lipinski definition) is 1. The molecular formula is C16H21NO5. The molecular weight excluding hydrogens is 286 g/mol. The largest absolute Gasteiger partial charge is 0.508 e. The summed E-state index contributed by atoms with van der Waals surface area (Å²) in [6.07, 6.45) is -0.603. The van der Waals surface area contributed by atoms with Gasteiger partial charge in [-0.25, -0.2) is 0 Å². The van der Waals surface area contributed by atoms with Crippen molar-refractivity contribution in [2.75, 3.05) is 33.9 Å². The average Bonchev–Trinajstić information content (AvgIpc) is 2.84. The smallest absolute Gasteiger partial charge is 0.303 e. The van der Waals surface area contributed by atoms with Crippen LogP contribution in [-0.4, -0.2) is 49.8 Å². The monoisotopic (exact) mass is 307 g/mol. The second kappa shape index (κ2) is 7.29. The van der Waals surface area contributed by atoms with Crippen LogP contribution < -0.4 is 0 Å². The number of aromatic hydroxyl groups is 1. The fraction of sp³-hybridized carbons (Fsp3) is 0.438. The minimum atomic E-state index is -0.603. The number of rotatable bonds is 7. The maximum Gasteiger partial charge on any atom is 0.303 e. The number of esters is 1. The van der Waals surface area contributed by atoms with Crippen molar-refractivity contribution in [2.24, 2.45) is 0 Å². The molecule has 0 aliphatic rings. The van der Waals surface area contributed by atoms with E-state index < -0.39 is 12.1 Å². The zero-order valence-corrected chi connectivity index (χ0v) is 13.0. The Morgan fingerprint density at radius 1 is 1.36 bits per heavy atom. The van der Waals surface area contributed by atoms with Gasteiger partial charge in [0, 0.05) is 24.9 Å². The molecule has 6 nitrogen and oxygen atoms in total. The van der Waals surface area contributed by atoms with Gasteiger partial charge >= 0.3 is 5.97 Å². The van der Waals surface area contributed by atoms with Gasteiger partial charge in [0.25, 0.3) is 0 Å². The van der Waals surface area contributed by atoms with Crippen LogP contribution in [0, 0.1) is 0 Å². The Bertz CT molecular complexity index is 634. The molecule has 0 bridgehead atoms. The van der Waals surface area contributed by atoms with Crippen molar-refractivity contribution in [2.45, 2.75) is 13.0 Å². The van der Waals surface area contributed by atoms with E-state index in [1.54, 1.807) is 18.2 Å². The number of hydrogen-bond acceptors (Lipinski definition) is 6. The second-order valence-corrected chi connectivity index (χ2v) is 5.35. The van der Waals surface area contributed by atoms with Crippen molar-refractivity contribution in [3.05, 3.63) is 30.0 Å². The third-order valence-corrected chi connectivity index (χ3v) is 3.10. The molecule has 0 amide bonds. The third-order valence-electron chi connectivity index (χ3n) is 3.10.